The van der Waals surface area contributed by atoms with Gasteiger partial charge >= 0.3 is 12.4 Å². The normalized spacial score (nSPS) is 17.1. The summed E-state index contributed by atoms with van der Waals surface area (Å²) in [6, 6.07) is 5.11. The van der Waals surface area contributed by atoms with E-state index >= 15 is 0 Å². The summed E-state index contributed by atoms with van der Waals surface area (Å²) in [5.41, 5.74) is -4.42. The fraction of sp³-hybridized carbons (Fsp3) is 0.367. The van der Waals surface area contributed by atoms with E-state index in [1.54, 1.807) is 6.92 Å². The zero-order chi connectivity index (χ0) is 33.6. The summed E-state index contributed by atoms with van der Waals surface area (Å²) in [5.74, 6) is -1.25. The fourth-order valence-corrected chi connectivity index (χ4v) is 6.57. The summed E-state index contributed by atoms with van der Waals surface area (Å²) in [6.45, 7) is 3.44. The number of likely N-dealkylation sites (N-methyl/N-ethyl adjacent to an activating group) is 1. The largest absolute Gasteiger partial charge is 0.682 e. The van der Waals surface area contributed by atoms with E-state index in [4.69, 9.17) is 0 Å². The van der Waals surface area contributed by atoms with E-state index in [-0.39, 0.29) is 35.4 Å². The third-order valence-electron chi connectivity index (χ3n) is 7.86. The Morgan fingerprint density at radius 2 is 1.60 bits per heavy atom. The molecule has 1 saturated heterocycles. The van der Waals surface area contributed by atoms with Crippen molar-refractivity contribution in [2.24, 2.45) is 0 Å². The molecular weight excluding hydrogens is 631 g/mol. The Labute approximate surface area is 256 Å². The maximum absolute atomic E-state index is 14.0. The quantitative estimate of drug-likeness (QED) is 0.292. The summed E-state index contributed by atoms with van der Waals surface area (Å²) in [4.78, 5) is 33.3. The number of rotatable bonds is 6. The van der Waals surface area contributed by atoms with Crippen molar-refractivity contribution in [1.29, 1.82) is 0 Å². The number of aliphatic hydroxyl groups is 1. The van der Waals surface area contributed by atoms with Gasteiger partial charge < -0.3 is 19.5 Å². The smallest absolute Gasteiger partial charge is 0.416 e. The number of amides is 1. The number of halogens is 7. The van der Waals surface area contributed by atoms with E-state index in [9.17, 15) is 50.0 Å². The standard InChI is InChI=1S/C30H30F7N3O4S/c1-16-9-20(31)5-6-21(16)22-13-25(40-7-8-45(44)26(42)24(40)15-41)38-14-23(22)39(4)27(43)28(2,3)17-10-18(29(32,33)34)12-19(11-17)30(35,36)37/h5-6,9-14,24,41H,7-8,15,45H2,1-4H3. The minimum Gasteiger partial charge on any atom is -0.682 e. The molecule has 0 saturated carbocycles. The number of carbonyl (C=O) groups is 2. The van der Waals surface area contributed by atoms with E-state index in [0.717, 1.165) is 11.0 Å². The van der Waals surface area contributed by atoms with Gasteiger partial charge in [0.15, 0.2) is 6.04 Å². The number of anilines is 2. The molecule has 2 aromatic carbocycles. The van der Waals surface area contributed by atoms with E-state index in [0.29, 0.717) is 23.3 Å². The number of nitrogens with zero attached hydrogens (tertiary/aromatic N) is 3. The highest BCUT2D eigenvalue weighted by molar-refractivity contribution is 8.06. The zero-order valence-electron chi connectivity index (χ0n) is 24.5. The zero-order valence-corrected chi connectivity index (χ0v) is 25.5. The Bertz CT molecular complexity index is 1600. The predicted octanol–water partition coefficient (Wildman–Crippen LogP) is 5.10. The van der Waals surface area contributed by atoms with Gasteiger partial charge in [-0.25, -0.2) is 25.3 Å². The van der Waals surface area contributed by atoms with Crippen molar-refractivity contribution in [2.75, 3.05) is 35.8 Å². The molecule has 244 valence electrons. The van der Waals surface area contributed by atoms with Crippen molar-refractivity contribution in [2.45, 2.75) is 44.6 Å². The average molecular weight is 662 g/mol. The summed E-state index contributed by atoms with van der Waals surface area (Å²) in [5, 5.41) is 9.24. The van der Waals surface area contributed by atoms with Crippen molar-refractivity contribution in [3.63, 3.8) is 0 Å². The Morgan fingerprint density at radius 3 is 2.13 bits per heavy atom. The van der Waals surface area contributed by atoms with Gasteiger partial charge in [0, 0.05) is 12.6 Å². The number of aryl methyl sites for hydroxylation is 1. The van der Waals surface area contributed by atoms with Gasteiger partial charge in [0.05, 0.1) is 47.3 Å². The van der Waals surface area contributed by atoms with Gasteiger partial charge in [-0.3, -0.25) is 4.79 Å². The fourth-order valence-electron chi connectivity index (χ4n) is 5.26. The molecule has 1 unspecified atom stereocenters. The Balaban J connectivity index is 1.85. The SMILES string of the molecule is Cc1cc(F)ccc1-c1cc(N2CC[SH2+]([O-])C(=O)C2CO)ncc1N(C)C(=O)C(C)(C)c1cc(C(F)(F)F)cc(C(F)(F)F)c1. The lowest BCUT2D eigenvalue weighted by Gasteiger charge is -2.39. The van der Waals surface area contributed by atoms with Crippen LogP contribution in [0, 0.1) is 12.7 Å². The van der Waals surface area contributed by atoms with E-state index in [1.807, 2.05) is 0 Å². The molecule has 1 N–H and O–H groups in total. The molecule has 0 radical (unpaired) electrons. The first-order valence-electron chi connectivity index (χ1n) is 13.6. The van der Waals surface area contributed by atoms with Gasteiger partial charge in [-0.15, -0.1) is 0 Å². The van der Waals surface area contributed by atoms with Gasteiger partial charge in [0.2, 0.25) is 5.91 Å². The topological polar surface area (TPSA) is 96.8 Å². The minimum atomic E-state index is -5.12. The van der Waals surface area contributed by atoms with E-state index in [1.165, 1.54) is 50.2 Å². The van der Waals surface area contributed by atoms with Gasteiger partial charge in [-0.2, -0.15) is 26.3 Å². The highest BCUT2D eigenvalue weighted by Gasteiger charge is 2.42. The molecule has 1 aliphatic heterocycles. The number of aromatic nitrogens is 1. The molecule has 0 bridgehead atoms. The average Bonchev–Trinajstić information content (AvgIpc) is 2.96. The lowest BCUT2D eigenvalue weighted by atomic mass is 9.81. The Morgan fingerprint density at radius 1 is 1.02 bits per heavy atom. The second-order valence-corrected chi connectivity index (χ2v) is 13.1. The number of pyridine rings is 1. The third-order valence-corrected chi connectivity index (χ3v) is 9.42. The van der Waals surface area contributed by atoms with Crippen LogP contribution in [0.15, 0.2) is 48.7 Å². The van der Waals surface area contributed by atoms with Crippen molar-refractivity contribution < 1.29 is 50.0 Å². The van der Waals surface area contributed by atoms with Crippen molar-refractivity contribution in [3.05, 3.63) is 76.7 Å². The van der Waals surface area contributed by atoms with Crippen LogP contribution in [-0.4, -0.2) is 57.7 Å². The Kier molecular flexibility index (Phi) is 9.31. The monoisotopic (exact) mass is 661 g/mol. The van der Waals surface area contributed by atoms with Crippen molar-refractivity contribution in [3.8, 4) is 11.1 Å². The molecule has 7 nitrogen and oxygen atoms in total. The van der Waals surface area contributed by atoms with Crippen LogP contribution in [-0.2, 0) is 38.5 Å². The van der Waals surface area contributed by atoms with Crippen LogP contribution in [0.5, 0.6) is 0 Å². The van der Waals surface area contributed by atoms with Crippen LogP contribution < -0.4 is 9.80 Å². The van der Waals surface area contributed by atoms with Crippen LogP contribution in [0.3, 0.4) is 0 Å². The van der Waals surface area contributed by atoms with Gasteiger partial charge in [0.25, 0.3) is 5.12 Å². The second kappa shape index (κ2) is 12.2. The highest BCUT2D eigenvalue weighted by atomic mass is 32.2. The summed E-state index contributed by atoms with van der Waals surface area (Å²) >= 11 is -2.60. The molecule has 3 aromatic rings. The van der Waals surface area contributed by atoms with Crippen molar-refractivity contribution in [1.82, 2.24) is 4.98 Å². The summed E-state index contributed by atoms with van der Waals surface area (Å²) in [7, 11) is 1.27. The number of carbonyl (C=O) groups excluding carboxylic acids is 2. The van der Waals surface area contributed by atoms with Crippen LogP contribution in [0.25, 0.3) is 11.1 Å². The number of benzene rings is 2. The van der Waals surface area contributed by atoms with Crippen LogP contribution in [0.4, 0.5) is 42.2 Å². The van der Waals surface area contributed by atoms with Crippen LogP contribution in [0.1, 0.15) is 36.1 Å². The number of hydrogen-bond acceptors (Lipinski definition) is 6. The molecule has 0 aliphatic carbocycles. The van der Waals surface area contributed by atoms with Gasteiger partial charge in [-0.05, 0) is 73.9 Å². The minimum absolute atomic E-state index is 0.0201. The van der Waals surface area contributed by atoms with Crippen LogP contribution >= 0.6 is 0 Å². The summed E-state index contributed by atoms with van der Waals surface area (Å²) in [6.07, 6.45) is -9.01. The molecule has 1 aliphatic rings. The molecule has 1 amide bonds. The van der Waals surface area contributed by atoms with Crippen LogP contribution in [0.2, 0.25) is 0 Å². The molecule has 4 rings (SSSR count). The predicted molar refractivity (Wildman–Crippen MR) is 156 cm³/mol. The third kappa shape index (κ3) is 6.79. The molecule has 0 spiro atoms. The Hall–Kier alpha value is -3.69. The molecule has 1 fully saturated rings. The van der Waals surface area contributed by atoms with Gasteiger partial charge in [0.1, 0.15) is 11.6 Å². The first kappa shape index (κ1) is 34.2. The number of aliphatic hydroxyl groups excluding tert-OH is 1. The maximum atomic E-state index is 14.0. The molecule has 1 aromatic heterocycles. The molecule has 2 heterocycles. The molecule has 15 heteroatoms. The van der Waals surface area contributed by atoms with E-state index < -0.39 is 75.1 Å². The second-order valence-electron chi connectivity index (χ2n) is 11.2. The first-order valence-corrected chi connectivity index (χ1v) is 15.2. The van der Waals surface area contributed by atoms with Crippen molar-refractivity contribution >= 4 is 33.7 Å². The summed E-state index contributed by atoms with van der Waals surface area (Å²) < 4.78 is 108. The maximum Gasteiger partial charge on any atom is 0.416 e. The van der Waals surface area contributed by atoms with Gasteiger partial charge in [-0.1, -0.05) is 6.07 Å². The van der Waals surface area contributed by atoms with E-state index in [2.05, 4.69) is 4.98 Å². The lowest BCUT2D eigenvalue weighted by molar-refractivity contribution is -0.143. The molecular formula is C30H30F7N3O4S. The molecule has 45 heavy (non-hydrogen) atoms. The first-order chi connectivity index (χ1) is 20.8. The number of alkyl halides is 6. The number of hydrogen-bond donors (Lipinski definition) is 1. The lowest BCUT2D eigenvalue weighted by Crippen LogP contribution is -2.54. The molecule has 1 atom stereocenters. The highest BCUT2D eigenvalue weighted by Crippen LogP contribution is 2.41.